The van der Waals surface area contributed by atoms with Crippen LogP contribution in [0.25, 0.3) is 0 Å². The molecule has 0 radical (unpaired) electrons. The van der Waals surface area contributed by atoms with Crippen LogP contribution in [0.2, 0.25) is 5.02 Å². The summed E-state index contributed by atoms with van der Waals surface area (Å²) in [6, 6.07) is 7.98. The van der Waals surface area contributed by atoms with Crippen LogP contribution in [-0.2, 0) is 6.54 Å². The van der Waals surface area contributed by atoms with Gasteiger partial charge in [0, 0.05) is 25.0 Å². The molecule has 0 unspecified atom stereocenters. The van der Waals surface area contributed by atoms with E-state index in [-0.39, 0.29) is 6.04 Å². The van der Waals surface area contributed by atoms with E-state index in [4.69, 9.17) is 21.1 Å². The normalized spacial score (nSPS) is 12.0. The molecular weight excluding hydrogens is 288 g/mol. The maximum Gasteiger partial charge on any atom is 0.179 e. The number of pyridine rings is 1. The van der Waals surface area contributed by atoms with E-state index in [0.29, 0.717) is 23.1 Å². The molecule has 1 aromatic heterocycles. The highest BCUT2D eigenvalue weighted by Gasteiger charge is 2.11. The van der Waals surface area contributed by atoms with Crippen LogP contribution in [0.4, 0.5) is 0 Å². The molecule has 5 heteroatoms. The van der Waals surface area contributed by atoms with Gasteiger partial charge in [0.2, 0.25) is 0 Å². The van der Waals surface area contributed by atoms with E-state index in [1.807, 2.05) is 30.5 Å². The third kappa shape index (κ3) is 3.86. The molecule has 1 atom stereocenters. The Morgan fingerprint density at radius 2 is 2.10 bits per heavy atom. The Morgan fingerprint density at radius 1 is 1.29 bits per heavy atom. The lowest BCUT2D eigenvalue weighted by Gasteiger charge is -2.16. The summed E-state index contributed by atoms with van der Waals surface area (Å²) >= 11 is 6.20. The van der Waals surface area contributed by atoms with Gasteiger partial charge in [-0.2, -0.15) is 0 Å². The fourth-order valence-corrected chi connectivity index (χ4v) is 2.40. The van der Waals surface area contributed by atoms with E-state index in [9.17, 15) is 0 Å². The Kier molecular flexibility index (Phi) is 5.42. The number of nitrogens with zero attached hydrogens (tertiary/aromatic N) is 1. The highest BCUT2D eigenvalue weighted by Crippen LogP contribution is 2.36. The summed E-state index contributed by atoms with van der Waals surface area (Å²) in [4.78, 5) is 4.13. The summed E-state index contributed by atoms with van der Waals surface area (Å²) < 4.78 is 10.5. The van der Waals surface area contributed by atoms with Gasteiger partial charge in [-0.3, -0.25) is 4.98 Å². The highest BCUT2D eigenvalue weighted by molar-refractivity contribution is 6.32. The summed E-state index contributed by atoms with van der Waals surface area (Å²) in [7, 11) is 3.18. The average molecular weight is 307 g/mol. The third-order valence-electron chi connectivity index (χ3n) is 3.29. The van der Waals surface area contributed by atoms with Gasteiger partial charge < -0.3 is 14.8 Å². The Balaban J connectivity index is 2.08. The van der Waals surface area contributed by atoms with Crippen LogP contribution >= 0.6 is 11.6 Å². The van der Waals surface area contributed by atoms with E-state index < -0.39 is 0 Å². The first-order chi connectivity index (χ1) is 10.2. The van der Waals surface area contributed by atoms with Crippen LogP contribution in [0.3, 0.4) is 0 Å². The quantitative estimate of drug-likeness (QED) is 0.885. The second-order valence-corrected chi connectivity index (χ2v) is 5.11. The Morgan fingerprint density at radius 3 is 2.71 bits per heavy atom. The molecule has 4 nitrogen and oxygen atoms in total. The van der Waals surface area contributed by atoms with Crippen molar-refractivity contribution in [2.24, 2.45) is 0 Å². The number of rotatable bonds is 6. The van der Waals surface area contributed by atoms with Gasteiger partial charge in [0.05, 0.1) is 19.2 Å². The zero-order valence-corrected chi connectivity index (χ0v) is 13.1. The molecule has 1 N–H and O–H groups in total. The summed E-state index contributed by atoms with van der Waals surface area (Å²) in [5, 5.41) is 3.98. The maximum atomic E-state index is 6.20. The van der Waals surface area contributed by atoms with Gasteiger partial charge in [0.15, 0.2) is 11.5 Å². The fraction of sp³-hybridized carbons (Fsp3) is 0.312. The molecule has 1 heterocycles. The van der Waals surface area contributed by atoms with E-state index >= 15 is 0 Å². The first-order valence-corrected chi connectivity index (χ1v) is 7.07. The topological polar surface area (TPSA) is 43.4 Å². The maximum absolute atomic E-state index is 6.20. The molecular formula is C16H19ClN2O2. The summed E-state index contributed by atoms with van der Waals surface area (Å²) in [5.41, 5.74) is 2.18. The minimum atomic E-state index is 0.200. The molecule has 2 rings (SSSR count). The van der Waals surface area contributed by atoms with Gasteiger partial charge in [-0.1, -0.05) is 17.7 Å². The highest BCUT2D eigenvalue weighted by atomic mass is 35.5. The lowest BCUT2D eigenvalue weighted by molar-refractivity contribution is 0.354. The molecule has 0 bridgehead atoms. The van der Waals surface area contributed by atoms with Crippen LogP contribution in [0.1, 0.15) is 24.1 Å². The van der Waals surface area contributed by atoms with Crippen LogP contribution in [0, 0.1) is 0 Å². The van der Waals surface area contributed by atoms with Crippen molar-refractivity contribution >= 4 is 11.6 Å². The molecule has 0 saturated heterocycles. The van der Waals surface area contributed by atoms with Crippen molar-refractivity contribution in [1.29, 1.82) is 0 Å². The molecule has 0 aliphatic carbocycles. The molecule has 0 amide bonds. The van der Waals surface area contributed by atoms with Crippen molar-refractivity contribution in [2.75, 3.05) is 14.2 Å². The zero-order chi connectivity index (χ0) is 15.2. The molecule has 112 valence electrons. The number of aromatic nitrogens is 1. The monoisotopic (exact) mass is 306 g/mol. The predicted octanol–water partition coefficient (Wildman–Crippen LogP) is 3.60. The van der Waals surface area contributed by atoms with Gasteiger partial charge >= 0.3 is 0 Å². The average Bonchev–Trinajstić information content (AvgIpc) is 2.52. The molecule has 0 aliphatic rings. The lowest BCUT2D eigenvalue weighted by Crippen LogP contribution is -2.18. The molecule has 1 aromatic carbocycles. The number of hydrogen-bond acceptors (Lipinski definition) is 4. The van der Waals surface area contributed by atoms with Crippen LogP contribution in [0.5, 0.6) is 11.5 Å². The summed E-state index contributed by atoms with van der Waals surface area (Å²) in [5.74, 6) is 1.19. The van der Waals surface area contributed by atoms with E-state index in [0.717, 1.165) is 11.1 Å². The Bertz CT molecular complexity index is 590. The lowest BCUT2D eigenvalue weighted by atomic mass is 10.1. The fourth-order valence-electron chi connectivity index (χ4n) is 2.09. The minimum absolute atomic E-state index is 0.200. The molecule has 0 fully saturated rings. The van der Waals surface area contributed by atoms with E-state index in [1.165, 1.54) is 0 Å². The van der Waals surface area contributed by atoms with Crippen molar-refractivity contribution in [3.05, 3.63) is 52.8 Å². The Labute approximate surface area is 130 Å². The van der Waals surface area contributed by atoms with E-state index in [2.05, 4.69) is 17.2 Å². The number of halogens is 1. The van der Waals surface area contributed by atoms with Crippen molar-refractivity contribution in [3.63, 3.8) is 0 Å². The minimum Gasteiger partial charge on any atom is -0.493 e. The van der Waals surface area contributed by atoms with Crippen molar-refractivity contribution in [1.82, 2.24) is 10.3 Å². The first-order valence-electron chi connectivity index (χ1n) is 6.69. The number of ether oxygens (including phenoxy) is 2. The van der Waals surface area contributed by atoms with Gasteiger partial charge in [0.25, 0.3) is 0 Å². The van der Waals surface area contributed by atoms with Crippen LogP contribution in [0.15, 0.2) is 36.7 Å². The van der Waals surface area contributed by atoms with E-state index in [1.54, 1.807) is 20.4 Å². The standard InChI is InChI=1S/C16H19ClN2O2/c1-11(13-5-4-6-18-10-13)19-9-12-7-14(17)16(21-3)15(8-12)20-2/h4-8,10-11,19H,9H2,1-3H3/t11-/m0/s1. The Hall–Kier alpha value is -1.78. The van der Waals surface area contributed by atoms with Gasteiger partial charge in [-0.15, -0.1) is 0 Å². The number of nitrogens with one attached hydrogen (secondary N) is 1. The molecule has 2 aromatic rings. The van der Waals surface area contributed by atoms with Crippen molar-refractivity contribution in [2.45, 2.75) is 19.5 Å². The second-order valence-electron chi connectivity index (χ2n) is 4.70. The number of benzene rings is 1. The first kappa shape index (κ1) is 15.6. The summed E-state index contributed by atoms with van der Waals surface area (Å²) in [6.45, 7) is 2.77. The molecule has 0 aliphatic heterocycles. The van der Waals surface area contributed by atoms with Crippen molar-refractivity contribution < 1.29 is 9.47 Å². The molecule has 21 heavy (non-hydrogen) atoms. The third-order valence-corrected chi connectivity index (χ3v) is 3.57. The SMILES string of the molecule is COc1cc(CN[C@@H](C)c2cccnc2)cc(Cl)c1OC. The largest absolute Gasteiger partial charge is 0.493 e. The van der Waals surface area contributed by atoms with Gasteiger partial charge in [0.1, 0.15) is 0 Å². The smallest absolute Gasteiger partial charge is 0.179 e. The van der Waals surface area contributed by atoms with Crippen LogP contribution in [-0.4, -0.2) is 19.2 Å². The zero-order valence-electron chi connectivity index (χ0n) is 12.4. The van der Waals surface area contributed by atoms with Gasteiger partial charge in [-0.05, 0) is 36.2 Å². The van der Waals surface area contributed by atoms with Gasteiger partial charge in [-0.25, -0.2) is 0 Å². The van der Waals surface area contributed by atoms with Crippen molar-refractivity contribution in [3.8, 4) is 11.5 Å². The number of methoxy groups -OCH3 is 2. The number of hydrogen-bond donors (Lipinski definition) is 1. The molecule has 0 saturated carbocycles. The van der Waals surface area contributed by atoms with Crippen LogP contribution < -0.4 is 14.8 Å². The second kappa shape index (κ2) is 7.29. The molecule has 0 spiro atoms. The predicted molar refractivity (Wildman–Crippen MR) is 84.0 cm³/mol. The summed E-state index contributed by atoms with van der Waals surface area (Å²) in [6.07, 6.45) is 3.63.